The number of rotatable bonds is 2. The van der Waals surface area contributed by atoms with Crippen molar-refractivity contribution < 1.29 is 4.42 Å². The van der Waals surface area contributed by atoms with Gasteiger partial charge in [0.2, 0.25) is 0 Å². The van der Waals surface area contributed by atoms with Crippen LogP contribution < -0.4 is 0 Å². The average molecular weight is 377 g/mol. The van der Waals surface area contributed by atoms with Crippen LogP contribution in [0.4, 0.5) is 0 Å². The number of aromatic nitrogens is 1. The van der Waals surface area contributed by atoms with Gasteiger partial charge in [0.25, 0.3) is 0 Å². The molecule has 0 bridgehead atoms. The van der Waals surface area contributed by atoms with Crippen LogP contribution in [0, 0.1) is 0 Å². The van der Waals surface area contributed by atoms with E-state index in [1.165, 1.54) is 34.9 Å². The highest BCUT2D eigenvalue weighted by atomic mass is 16.3. The molecule has 0 aliphatic rings. The van der Waals surface area contributed by atoms with Crippen LogP contribution >= 0.6 is 0 Å². The minimum absolute atomic E-state index is 1.28. The third kappa shape index (κ3) is 6.96. The van der Waals surface area contributed by atoms with Crippen molar-refractivity contribution in [1.29, 1.82) is 0 Å². The highest BCUT2D eigenvalue weighted by Gasteiger charge is 1.92. The van der Waals surface area contributed by atoms with E-state index >= 15 is 0 Å². The monoisotopic (exact) mass is 377 g/mol. The van der Waals surface area contributed by atoms with Crippen molar-refractivity contribution in [2.24, 2.45) is 0 Å². The highest BCUT2D eigenvalue weighted by molar-refractivity contribution is 5.63. The molecule has 0 radical (unpaired) electrons. The van der Waals surface area contributed by atoms with E-state index in [4.69, 9.17) is 0 Å². The van der Waals surface area contributed by atoms with E-state index in [9.17, 15) is 0 Å². The average Bonchev–Trinajstić information content (AvgIpc) is 3.42. The van der Waals surface area contributed by atoms with Gasteiger partial charge >= 0.3 is 0 Å². The summed E-state index contributed by atoms with van der Waals surface area (Å²) in [6.07, 6.45) is 4.47. The van der Waals surface area contributed by atoms with Crippen molar-refractivity contribution in [1.82, 2.24) is 4.98 Å². The van der Waals surface area contributed by atoms with Gasteiger partial charge in [0.15, 0.2) is 6.39 Å². The van der Waals surface area contributed by atoms with Gasteiger partial charge in [-0.15, -0.1) is 0 Å². The van der Waals surface area contributed by atoms with Crippen molar-refractivity contribution in [3.63, 3.8) is 0 Å². The zero-order valence-electron chi connectivity index (χ0n) is 16.1. The van der Waals surface area contributed by atoms with Crippen molar-refractivity contribution >= 4 is 0 Å². The van der Waals surface area contributed by atoms with Gasteiger partial charge in [-0.3, -0.25) is 0 Å². The Morgan fingerprint density at radius 2 is 0.724 bits per heavy atom. The largest absolute Gasteiger partial charge is 0.452 e. The molecule has 4 aromatic carbocycles. The molecular weight excluding hydrogens is 354 g/mol. The molecule has 29 heavy (non-hydrogen) atoms. The lowest BCUT2D eigenvalue weighted by molar-refractivity contribution is 0.558. The molecule has 142 valence electrons. The van der Waals surface area contributed by atoms with Gasteiger partial charge in [-0.2, -0.15) is 0 Å². The standard InChI is InChI=1S/2C12H10.C3H3NO/c2*1-3-7-11(8-4-1)12-9-5-2-6-10-12;1-2-5-3-4-1/h2*1-10H;1-3H. The molecule has 0 amide bonds. The zero-order chi connectivity index (χ0) is 20.0. The second kappa shape index (κ2) is 11.7. The molecule has 0 aliphatic heterocycles. The number of hydrogen-bond donors (Lipinski definition) is 0. The van der Waals surface area contributed by atoms with Gasteiger partial charge in [-0.05, 0) is 22.3 Å². The molecule has 0 N–H and O–H groups in total. The van der Waals surface area contributed by atoms with Crippen molar-refractivity contribution in [2.75, 3.05) is 0 Å². The van der Waals surface area contributed by atoms with Crippen LogP contribution in [0.25, 0.3) is 22.3 Å². The van der Waals surface area contributed by atoms with Gasteiger partial charge in [-0.1, -0.05) is 121 Å². The molecule has 0 atom stereocenters. The number of benzene rings is 4. The summed E-state index contributed by atoms with van der Waals surface area (Å²) in [6.45, 7) is 0. The normalized spacial score (nSPS) is 9.38. The van der Waals surface area contributed by atoms with Gasteiger partial charge in [0.05, 0.1) is 6.20 Å². The van der Waals surface area contributed by atoms with Crippen molar-refractivity contribution in [2.45, 2.75) is 0 Å². The smallest absolute Gasteiger partial charge is 0.180 e. The first-order valence-corrected chi connectivity index (χ1v) is 9.46. The molecule has 5 aromatic rings. The van der Waals surface area contributed by atoms with Gasteiger partial charge in [0.1, 0.15) is 6.26 Å². The van der Waals surface area contributed by atoms with E-state index in [1.54, 1.807) is 6.20 Å². The lowest BCUT2D eigenvalue weighted by Crippen LogP contribution is -1.73. The second-order valence-corrected chi connectivity index (χ2v) is 6.14. The predicted octanol–water partition coefficient (Wildman–Crippen LogP) is 7.38. The predicted molar refractivity (Wildman–Crippen MR) is 120 cm³/mol. The SMILES string of the molecule is c1ccc(-c2ccccc2)cc1.c1ccc(-c2ccccc2)cc1.c1cocn1. The fourth-order valence-corrected chi connectivity index (χ4v) is 2.70. The van der Waals surface area contributed by atoms with Gasteiger partial charge in [-0.25, -0.2) is 4.98 Å². The first-order valence-electron chi connectivity index (χ1n) is 9.46. The maximum atomic E-state index is 4.47. The molecule has 0 saturated carbocycles. The first-order chi connectivity index (χ1) is 14.4. The Bertz CT molecular complexity index is 846. The lowest BCUT2D eigenvalue weighted by Gasteiger charge is -1.98. The molecule has 0 fully saturated rings. The third-order valence-electron chi connectivity index (χ3n) is 4.11. The molecule has 0 aliphatic carbocycles. The van der Waals surface area contributed by atoms with E-state index in [0.29, 0.717) is 0 Å². The molecule has 0 unspecified atom stereocenters. The maximum Gasteiger partial charge on any atom is 0.180 e. The minimum atomic E-state index is 1.28. The summed E-state index contributed by atoms with van der Waals surface area (Å²) < 4.78 is 4.47. The van der Waals surface area contributed by atoms with E-state index in [0.717, 1.165) is 0 Å². The fraction of sp³-hybridized carbons (Fsp3) is 0. The summed E-state index contributed by atoms with van der Waals surface area (Å²) >= 11 is 0. The van der Waals surface area contributed by atoms with Crippen LogP contribution in [-0.2, 0) is 0 Å². The Labute approximate surface area is 172 Å². The van der Waals surface area contributed by atoms with Crippen molar-refractivity contribution in [3.05, 3.63) is 140 Å². The van der Waals surface area contributed by atoms with E-state index in [1.807, 2.05) is 24.3 Å². The van der Waals surface area contributed by atoms with Crippen LogP contribution in [0.5, 0.6) is 0 Å². The zero-order valence-corrected chi connectivity index (χ0v) is 16.1. The van der Waals surface area contributed by atoms with E-state index in [-0.39, 0.29) is 0 Å². The fourth-order valence-electron chi connectivity index (χ4n) is 2.70. The summed E-state index contributed by atoms with van der Waals surface area (Å²) in [5, 5.41) is 0. The van der Waals surface area contributed by atoms with Gasteiger partial charge in [0, 0.05) is 0 Å². The summed E-state index contributed by atoms with van der Waals surface area (Å²) in [7, 11) is 0. The van der Waals surface area contributed by atoms with Crippen LogP contribution in [0.1, 0.15) is 0 Å². The van der Waals surface area contributed by atoms with Crippen LogP contribution in [0.3, 0.4) is 0 Å². The molecule has 1 aromatic heterocycles. The summed E-state index contributed by atoms with van der Waals surface area (Å²) in [5.41, 5.74) is 5.10. The Morgan fingerprint density at radius 1 is 0.414 bits per heavy atom. The first kappa shape index (κ1) is 19.8. The number of nitrogens with zero attached hydrogens (tertiary/aromatic N) is 1. The molecule has 0 spiro atoms. The topological polar surface area (TPSA) is 26.0 Å². The molecular formula is C27H23NO. The quantitative estimate of drug-likeness (QED) is 0.321. The highest BCUT2D eigenvalue weighted by Crippen LogP contribution is 2.18. The Morgan fingerprint density at radius 3 is 0.897 bits per heavy atom. The lowest BCUT2D eigenvalue weighted by atomic mass is 10.1. The number of oxazole rings is 1. The Kier molecular flexibility index (Phi) is 8.03. The van der Waals surface area contributed by atoms with Crippen LogP contribution in [-0.4, -0.2) is 4.98 Å². The minimum Gasteiger partial charge on any atom is -0.452 e. The van der Waals surface area contributed by atoms with E-state index in [2.05, 4.69) is 106 Å². The van der Waals surface area contributed by atoms with Crippen LogP contribution in [0.2, 0.25) is 0 Å². The second-order valence-electron chi connectivity index (χ2n) is 6.14. The summed E-state index contributed by atoms with van der Waals surface area (Å²) in [4.78, 5) is 3.56. The summed E-state index contributed by atoms with van der Waals surface area (Å²) in [5.74, 6) is 0. The molecule has 5 rings (SSSR count). The summed E-state index contributed by atoms with van der Waals surface area (Å²) in [6, 6.07) is 41.6. The molecule has 2 heteroatoms. The van der Waals surface area contributed by atoms with Crippen LogP contribution in [0.15, 0.2) is 145 Å². The van der Waals surface area contributed by atoms with Gasteiger partial charge < -0.3 is 4.42 Å². The Balaban J connectivity index is 0.000000135. The van der Waals surface area contributed by atoms with Crippen molar-refractivity contribution in [3.8, 4) is 22.3 Å². The third-order valence-corrected chi connectivity index (χ3v) is 4.11. The molecule has 0 saturated heterocycles. The van der Waals surface area contributed by atoms with E-state index < -0.39 is 0 Å². The Hall–Kier alpha value is -3.91. The maximum absolute atomic E-state index is 4.47. The molecule has 1 heterocycles. The number of hydrogen-bond acceptors (Lipinski definition) is 2. The molecule has 2 nitrogen and oxygen atoms in total.